The van der Waals surface area contributed by atoms with Gasteiger partial charge in [-0.25, -0.2) is 0 Å². The molecule has 5 heteroatoms. The maximum Gasteiger partial charge on any atom is 0.253 e. The van der Waals surface area contributed by atoms with Gasteiger partial charge in [0.15, 0.2) is 0 Å². The molecule has 1 aliphatic rings. The van der Waals surface area contributed by atoms with Crippen LogP contribution in [0.1, 0.15) is 30.1 Å². The van der Waals surface area contributed by atoms with Crippen LogP contribution in [0.2, 0.25) is 0 Å². The number of hydrogen-bond acceptors (Lipinski definition) is 3. The van der Waals surface area contributed by atoms with E-state index in [2.05, 4.69) is 0 Å². The SMILES string of the molecule is CCN(CCO)C(=O)c1ccc(N2CCCC2=O)cc1. The van der Waals surface area contributed by atoms with Gasteiger partial charge in [0.2, 0.25) is 5.91 Å². The second kappa shape index (κ2) is 6.52. The molecule has 2 amide bonds. The summed E-state index contributed by atoms with van der Waals surface area (Å²) in [5, 5.41) is 8.94. The predicted molar refractivity (Wildman–Crippen MR) is 76.7 cm³/mol. The van der Waals surface area contributed by atoms with Crippen molar-refractivity contribution in [2.24, 2.45) is 0 Å². The number of benzene rings is 1. The maximum atomic E-state index is 12.2. The summed E-state index contributed by atoms with van der Waals surface area (Å²) >= 11 is 0. The molecule has 1 aliphatic heterocycles. The highest BCUT2D eigenvalue weighted by atomic mass is 16.3. The Labute approximate surface area is 118 Å². The van der Waals surface area contributed by atoms with Crippen molar-refractivity contribution in [2.45, 2.75) is 19.8 Å². The second-order valence-electron chi connectivity index (χ2n) is 4.80. The van der Waals surface area contributed by atoms with E-state index in [-0.39, 0.29) is 18.4 Å². The van der Waals surface area contributed by atoms with E-state index >= 15 is 0 Å². The number of aliphatic hydroxyl groups excluding tert-OH is 1. The highest BCUT2D eigenvalue weighted by Crippen LogP contribution is 2.21. The lowest BCUT2D eigenvalue weighted by Crippen LogP contribution is -2.33. The summed E-state index contributed by atoms with van der Waals surface area (Å²) in [5.74, 6) is 0.0420. The van der Waals surface area contributed by atoms with Gasteiger partial charge in [-0.2, -0.15) is 0 Å². The molecule has 0 spiro atoms. The first-order chi connectivity index (χ1) is 9.67. The van der Waals surface area contributed by atoms with Gasteiger partial charge in [0.25, 0.3) is 5.91 Å². The van der Waals surface area contributed by atoms with Gasteiger partial charge in [-0.1, -0.05) is 0 Å². The number of carbonyl (C=O) groups is 2. The van der Waals surface area contributed by atoms with Crippen molar-refractivity contribution in [1.82, 2.24) is 4.90 Å². The van der Waals surface area contributed by atoms with Crippen molar-refractivity contribution in [3.8, 4) is 0 Å². The Bertz CT molecular complexity index is 484. The lowest BCUT2D eigenvalue weighted by molar-refractivity contribution is -0.117. The highest BCUT2D eigenvalue weighted by molar-refractivity contribution is 5.97. The quantitative estimate of drug-likeness (QED) is 0.881. The Morgan fingerprint density at radius 2 is 2.05 bits per heavy atom. The number of rotatable bonds is 5. The molecular weight excluding hydrogens is 256 g/mol. The van der Waals surface area contributed by atoms with E-state index in [0.29, 0.717) is 25.1 Å². The van der Waals surface area contributed by atoms with Crippen molar-refractivity contribution in [3.63, 3.8) is 0 Å². The fraction of sp³-hybridized carbons (Fsp3) is 0.467. The van der Waals surface area contributed by atoms with E-state index in [1.165, 1.54) is 0 Å². The fourth-order valence-corrected chi connectivity index (χ4v) is 2.41. The van der Waals surface area contributed by atoms with Crippen LogP contribution < -0.4 is 4.90 Å². The van der Waals surface area contributed by atoms with Gasteiger partial charge in [-0.05, 0) is 37.6 Å². The smallest absolute Gasteiger partial charge is 0.253 e. The molecule has 0 unspecified atom stereocenters. The van der Waals surface area contributed by atoms with Crippen LogP contribution in [0.4, 0.5) is 5.69 Å². The molecular formula is C15H20N2O3. The van der Waals surface area contributed by atoms with E-state index in [1.54, 1.807) is 21.9 Å². The monoisotopic (exact) mass is 276 g/mol. The lowest BCUT2D eigenvalue weighted by Gasteiger charge is -2.20. The molecule has 1 aromatic carbocycles. The molecule has 0 aliphatic carbocycles. The van der Waals surface area contributed by atoms with Crippen LogP contribution in [0.15, 0.2) is 24.3 Å². The van der Waals surface area contributed by atoms with Gasteiger partial charge in [0.1, 0.15) is 0 Å². The summed E-state index contributed by atoms with van der Waals surface area (Å²) in [4.78, 5) is 27.2. The number of aliphatic hydroxyl groups is 1. The van der Waals surface area contributed by atoms with Crippen LogP contribution in [0.5, 0.6) is 0 Å². The van der Waals surface area contributed by atoms with Crippen molar-refractivity contribution < 1.29 is 14.7 Å². The standard InChI is InChI=1S/C15H20N2O3/c1-2-16(10-11-18)15(20)12-5-7-13(8-6-12)17-9-3-4-14(17)19/h5-8,18H,2-4,9-11H2,1H3. The highest BCUT2D eigenvalue weighted by Gasteiger charge is 2.22. The van der Waals surface area contributed by atoms with Gasteiger partial charge >= 0.3 is 0 Å². The second-order valence-corrected chi connectivity index (χ2v) is 4.80. The minimum atomic E-state index is -0.0964. The summed E-state index contributed by atoms with van der Waals surface area (Å²) in [6, 6.07) is 7.10. The van der Waals surface area contributed by atoms with E-state index in [0.717, 1.165) is 18.7 Å². The molecule has 0 bridgehead atoms. The molecule has 2 rings (SSSR count). The van der Waals surface area contributed by atoms with Gasteiger partial charge in [0, 0.05) is 37.3 Å². The Hall–Kier alpha value is -1.88. The molecule has 1 saturated heterocycles. The summed E-state index contributed by atoms with van der Waals surface area (Å²) in [6.45, 7) is 3.48. The van der Waals surface area contributed by atoms with Crippen LogP contribution in [0.3, 0.4) is 0 Å². The van der Waals surface area contributed by atoms with Crippen molar-refractivity contribution in [1.29, 1.82) is 0 Å². The average molecular weight is 276 g/mol. The molecule has 0 aromatic heterocycles. The molecule has 0 radical (unpaired) electrons. The van der Waals surface area contributed by atoms with Crippen molar-refractivity contribution >= 4 is 17.5 Å². The number of likely N-dealkylation sites (N-methyl/N-ethyl adjacent to an activating group) is 1. The first-order valence-corrected chi connectivity index (χ1v) is 6.98. The van der Waals surface area contributed by atoms with Crippen LogP contribution in [-0.2, 0) is 4.79 Å². The zero-order valence-corrected chi connectivity index (χ0v) is 11.7. The number of amides is 2. The molecule has 5 nitrogen and oxygen atoms in total. The molecule has 1 N–H and O–H groups in total. The average Bonchev–Trinajstić information content (AvgIpc) is 2.90. The van der Waals surface area contributed by atoms with Gasteiger partial charge in [-0.3, -0.25) is 9.59 Å². The normalized spacial score (nSPS) is 14.7. The minimum Gasteiger partial charge on any atom is -0.395 e. The van der Waals surface area contributed by atoms with Crippen LogP contribution >= 0.6 is 0 Å². The first-order valence-electron chi connectivity index (χ1n) is 6.98. The van der Waals surface area contributed by atoms with Crippen LogP contribution in [-0.4, -0.2) is 48.1 Å². The van der Waals surface area contributed by atoms with Gasteiger partial charge in [-0.15, -0.1) is 0 Å². The van der Waals surface area contributed by atoms with Crippen molar-refractivity contribution in [2.75, 3.05) is 31.1 Å². The molecule has 0 saturated carbocycles. The van der Waals surface area contributed by atoms with Crippen LogP contribution in [0, 0.1) is 0 Å². The zero-order valence-electron chi connectivity index (χ0n) is 11.7. The van der Waals surface area contributed by atoms with Crippen molar-refractivity contribution in [3.05, 3.63) is 29.8 Å². The number of nitrogens with zero attached hydrogens (tertiary/aromatic N) is 2. The van der Waals surface area contributed by atoms with E-state index in [1.807, 2.05) is 19.1 Å². The Kier molecular flexibility index (Phi) is 4.74. The van der Waals surface area contributed by atoms with Gasteiger partial charge in [0.05, 0.1) is 6.61 Å². The topological polar surface area (TPSA) is 60.9 Å². The Morgan fingerprint density at radius 1 is 1.35 bits per heavy atom. The summed E-state index contributed by atoms with van der Waals surface area (Å²) in [6.07, 6.45) is 1.49. The third-order valence-corrected chi connectivity index (χ3v) is 3.54. The molecule has 0 atom stereocenters. The van der Waals surface area contributed by atoms with E-state index in [4.69, 9.17) is 5.11 Å². The molecule has 1 fully saturated rings. The maximum absolute atomic E-state index is 12.2. The van der Waals surface area contributed by atoms with E-state index in [9.17, 15) is 9.59 Å². The minimum absolute atomic E-state index is 0.0417. The molecule has 1 heterocycles. The number of carbonyl (C=O) groups excluding carboxylic acids is 2. The third-order valence-electron chi connectivity index (χ3n) is 3.54. The number of hydrogen-bond donors (Lipinski definition) is 1. The lowest BCUT2D eigenvalue weighted by atomic mass is 10.1. The summed E-state index contributed by atoms with van der Waals surface area (Å²) in [7, 11) is 0. The molecule has 108 valence electrons. The van der Waals surface area contributed by atoms with Gasteiger partial charge < -0.3 is 14.9 Å². The van der Waals surface area contributed by atoms with E-state index < -0.39 is 0 Å². The fourth-order valence-electron chi connectivity index (χ4n) is 2.41. The first kappa shape index (κ1) is 14.5. The molecule has 20 heavy (non-hydrogen) atoms. The Balaban J connectivity index is 2.11. The summed E-state index contributed by atoms with van der Waals surface area (Å²) < 4.78 is 0. The molecule has 1 aromatic rings. The zero-order chi connectivity index (χ0) is 14.5. The van der Waals surface area contributed by atoms with Crippen LogP contribution in [0.25, 0.3) is 0 Å². The number of anilines is 1. The largest absolute Gasteiger partial charge is 0.395 e. The summed E-state index contributed by atoms with van der Waals surface area (Å²) in [5.41, 5.74) is 1.42. The third kappa shape index (κ3) is 2.99. The predicted octanol–water partition coefficient (Wildman–Crippen LogP) is 1.27. The Morgan fingerprint density at radius 3 is 2.55 bits per heavy atom.